The van der Waals surface area contributed by atoms with Crippen molar-refractivity contribution in [1.82, 2.24) is 19.7 Å². The molecule has 0 spiro atoms. The maximum Gasteiger partial charge on any atom is 0.225 e. The van der Waals surface area contributed by atoms with Gasteiger partial charge in [-0.15, -0.1) is 0 Å². The molecule has 0 aliphatic carbocycles. The standard InChI is InChI=1S/C28H38N4O4/c1-30-11-13-31(14-12-30)28(34)16-25-5-6-26-27(36-25)20-35-19-24(33)18-32(26)17-21-3-2-4-23(15-21)22-7-9-29-10-8-22/h2-4,7-10,15,24-27,33H,5-6,11-14,16-20H2,1H3/t24-,25-,26-,27+/m1/s1. The van der Waals surface area contributed by atoms with E-state index >= 15 is 0 Å². The predicted molar refractivity (Wildman–Crippen MR) is 137 cm³/mol. The van der Waals surface area contributed by atoms with Gasteiger partial charge in [-0.3, -0.25) is 14.7 Å². The maximum absolute atomic E-state index is 12.9. The topological polar surface area (TPSA) is 78.4 Å². The lowest BCUT2D eigenvalue weighted by Gasteiger charge is -2.45. The molecule has 194 valence electrons. The largest absolute Gasteiger partial charge is 0.389 e. The SMILES string of the molecule is CN1CCN(C(=O)C[C@H]2CC[C@@H]3[C@H](COC[C@H](O)CN3Cc3cccc(-c4ccncc4)c3)O2)CC1. The van der Waals surface area contributed by atoms with Gasteiger partial charge in [0, 0.05) is 57.7 Å². The number of fused-ring (bicyclic) bond motifs is 1. The van der Waals surface area contributed by atoms with E-state index < -0.39 is 6.10 Å². The van der Waals surface area contributed by atoms with Gasteiger partial charge in [0.2, 0.25) is 5.91 Å². The van der Waals surface area contributed by atoms with Crippen molar-refractivity contribution in [2.75, 3.05) is 53.0 Å². The van der Waals surface area contributed by atoms with E-state index in [1.54, 1.807) is 0 Å². The first kappa shape index (κ1) is 25.3. The van der Waals surface area contributed by atoms with Gasteiger partial charge >= 0.3 is 0 Å². The second-order valence-corrected chi connectivity index (χ2v) is 10.4. The van der Waals surface area contributed by atoms with Crippen LogP contribution in [0.15, 0.2) is 48.8 Å². The van der Waals surface area contributed by atoms with Crippen LogP contribution in [-0.4, -0.2) is 108 Å². The highest BCUT2D eigenvalue weighted by Gasteiger charge is 2.38. The van der Waals surface area contributed by atoms with Crippen LogP contribution in [0.1, 0.15) is 24.8 Å². The number of aromatic nitrogens is 1. The van der Waals surface area contributed by atoms with Gasteiger partial charge in [0.15, 0.2) is 0 Å². The molecule has 1 amide bonds. The number of aliphatic hydroxyl groups is 1. The molecule has 36 heavy (non-hydrogen) atoms. The zero-order valence-electron chi connectivity index (χ0n) is 21.2. The molecule has 3 fully saturated rings. The van der Waals surface area contributed by atoms with Crippen molar-refractivity contribution in [1.29, 1.82) is 0 Å². The molecule has 3 aliphatic heterocycles. The molecule has 1 aromatic heterocycles. The van der Waals surface area contributed by atoms with E-state index in [0.29, 0.717) is 26.2 Å². The van der Waals surface area contributed by atoms with Gasteiger partial charge < -0.3 is 24.4 Å². The Labute approximate surface area is 213 Å². The third-order valence-electron chi connectivity index (χ3n) is 7.67. The Bertz CT molecular complexity index is 998. The average Bonchev–Trinajstić information content (AvgIpc) is 2.89. The summed E-state index contributed by atoms with van der Waals surface area (Å²) in [5.41, 5.74) is 3.49. The molecule has 1 N–H and O–H groups in total. The fraction of sp³-hybridized carbons (Fsp3) is 0.571. The Morgan fingerprint density at radius 2 is 1.86 bits per heavy atom. The molecule has 0 saturated carbocycles. The number of carbonyl (C=O) groups excluding carboxylic acids is 1. The van der Waals surface area contributed by atoms with E-state index in [0.717, 1.165) is 56.7 Å². The summed E-state index contributed by atoms with van der Waals surface area (Å²) in [5.74, 6) is 0.193. The molecule has 8 nitrogen and oxygen atoms in total. The van der Waals surface area contributed by atoms with Crippen molar-refractivity contribution in [2.24, 2.45) is 0 Å². The molecule has 4 heterocycles. The molecule has 3 aliphatic rings. The Morgan fingerprint density at radius 1 is 1.06 bits per heavy atom. The normalized spacial score (nSPS) is 28.2. The van der Waals surface area contributed by atoms with E-state index in [1.807, 2.05) is 29.4 Å². The number of amides is 1. The lowest BCUT2D eigenvalue weighted by molar-refractivity contribution is -0.161. The number of hydrogen-bond acceptors (Lipinski definition) is 7. The molecule has 3 saturated heterocycles. The van der Waals surface area contributed by atoms with Gasteiger partial charge in [-0.05, 0) is 54.8 Å². The highest BCUT2D eigenvalue weighted by Crippen LogP contribution is 2.30. The maximum atomic E-state index is 12.9. The third kappa shape index (κ3) is 6.30. The van der Waals surface area contributed by atoms with Crippen molar-refractivity contribution >= 4 is 5.91 Å². The molecule has 2 aromatic rings. The molecular formula is C28H38N4O4. The van der Waals surface area contributed by atoms with Crippen LogP contribution in [0.25, 0.3) is 11.1 Å². The first-order chi connectivity index (χ1) is 17.5. The van der Waals surface area contributed by atoms with Crippen molar-refractivity contribution < 1.29 is 19.4 Å². The van der Waals surface area contributed by atoms with Crippen LogP contribution in [0.2, 0.25) is 0 Å². The Hall–Kier alpha value is -2.36. The minimum absolute atomic E-state index is 0.0803. The highest BCUT2D eigenvalue weighted by atomic mass is 16.5. The summed E-state index contributed by atoms with van der Waals surface area (Å²) in [6.45, 7) is 5.44. The summed E-state index contributed by atoms with van der Waals surface area (Å²) in [7, 11) is 2.10. The number of carbonyl (C=O) groups is 1. The van der Waals surface area contributed by atoms with Gasteiger partial charge in [-0.1, -0.05) is 18.2 Å². The van der Waals surface area contributed by atoms with Gasteiger partial charge in [0.25, 0.3) is 0 Å². The first-order valence-electron chi connectivity index (χ1n) is 13.2. The van der Waals surface area contributed by atoms with Crippen molar-refractivity contribution in [3.63, 3.8) is 0 Å². The summed E-state index contributed by atoms with van der Waals surface area (Å²) in [4.78, 5) is 23.6. The Morgan fingerprint density at radius 3 is 2.67 bits per heavy atom. The van der Waals surface area contributed by atoms with E-state index in [9.17, 15) is 9.90 Å². The van der Waals surface area contributed by atoms with E-state index in [1.165, 1.54) is 5.56 Å². The number of aliphatic hydroxyl groups excluding tert-OH is 1. The zero-order valence-corrected chi connectivity index (χ0v) is 21.2. The summed E-state index contributed by atoms with van der Waals surface area (Å²) in [6, 6.07) is 12.7. The number of benzene rings is 1. The van der Waals surface area contributed by atoms with Gasteiger partial charge in [-0.2, -0.15) is 0 Å². The van der Waals surface area contributed by atoms with Crippen LogP contribution in [0, 0.1) is 0 Å². The minimum Gasteiger partial charge on any atom is -0.389 e. The molecule has 0 unspecified atom stereocenters. The second kappa shape index (κ2) is 11.8. The summed E-state index contributed by atoms with van der Waals surface area (Å²) in [5, 5.41) is 10.6. The average molecular weight is 495 g/mol. The smallest absolute Gasteiger partial charge is 0.225 e. The second-order valence-electron chi connectivity index (χ2n) is 10.4. The van der Waals surface area contributed by atoms with Crippen LogP contribution in [0.5, 0.6) is 0 Å². The lowest BCUT2D eigenvalue weighted by atomic mass is 9.94. The van der Waals surface area contributed by atoms with Crippen molar-refractivity contribution in [3.8, 4) is 11.1 Å². The Kier molecular flexibility index (Phi) is 8.29. The number of likely N-dealkylation sites (N-methyl/N-ethyl adjacent to an activating group) is 1. The molecule has 8 heteroatoms. The van der Waals surface area contributed by atoms with Crippen LogP contribution in [0.3, 0.4) is 0 Å². The lowest BCUT2D eigenvalue weighted by Crippen LogP contribution is -2.55. The van der Waals surface area contributed by atoms with Gasteiger partial charge in [0.1, 0.15) is 0 Å². The number of rotatable bonds is 5. The number of ether oxygens (including phenoxy) is 2. The van der Waals surface area contributed by atoms with Crippen LogP contribution >= 0.6 is 0 Å². The third-order valence-corrected chi connectivity index (χ3v) is 7.67. The number of nitrogens with zero attached hydrogens (tertiary/aromatic N) is 4. The molecule has 5 rings (SSSR count). The van der Waals surface area contributed by atoms with Gasteiger partial charge in [-0.25, -0.2) is 0 Å². The fourth-order valence-corrected chi connectivity index (χ4v) is 5.64. The summed E-state index contributed by atoms with van der Waals surface area (Å²) in [6.07, 6.45) is 5.09. The zero-order chi connectivity index (χ0) is 24.9. The number of piperazine rings is 1. The molecule has 0 bridgehead atoms. The van der Waals surface area contributed by atoms with Crippen molar-refractivity contribution in [3.05, 3.63) is 54.4 Å². The highest BCUT2D eigenvalue weighted by molar-refractivity contribution is 5.76. The molecule has 4 atom stereocenters. The quantitative estimate of drug-likeness (QED) is 0.681. The molecule has 1 aromatic carbocycles. The summed E-state index contributed by atoms with van der Waals surface area (Å²) < 4.78 is 12.3. The van der Waals surface area contributed by atoms with E-state index in [-0.39, 0.29) is 24.2 Å². The van der Waals surface area contributed by atoms with Gasteiger partial charge in [0.05, 0.1) is 37.9 Å². The molecule has 0 radical (unpaired) electrons. The number of pyridine rings is 1. The molecular weight excluding hydrogens is 456 g/mol. The van der Waals surface area contributed by atoms with Crippen LogP contribution in [0.4, 0.5) is 0 Å². The van der Waals surface area contributed by atoms with Crippen LogP contribution < -0.4 is 0 Å². The van der Waals surface area contributed by atoms with Crippen molar-refractivity contribution in [2.45, 2.75) is 50.2 Å². The fourth-order valence-electron chi connectivity index (χ4n) is 5.64. The predicted octanol–water partition coefficient (Wildman–Crippen LogP) is 2.02. The summed E-state index contributed by atoms with van der Waals surface area (Å²) >= 11 is 0. The monoisotopic (exact) mass is 494 g/mol. The Balaban J connectivity index is 1.25. The first-order valence-corrected chi connectivity index (χ1v) is 13.2. The van der Waals surface area contributed by atoms with E-state index in [2.05, 4.69) is 46.1 Å². The van der Waals surface area contributed by atoms with E-state index in [4.69, 9.17) is 9.47 Å². The number of hydrogen-bond donors (Lipinski definition) is 1. The minimum atomic E-state index is -0.536. The number of β-amino-alcohol motifs (C(OH)–C–C–N with tert-alkyl or cyclic N) is 1. The van der Waals surface area contributed by atoms with Crippen LogP contribution in [-0.2, 0) is 20.8 Å².